The molecule has 9 N–H and O–H groups in total. The zero-order chi connectivity index (χ0) is 23.6. The average molecular weight is 431 g/mol. The van der Waals surface area contributed by atoms with Crippen LogP contribution in [-0.2, 0) is 24.0 Å². The molecule has 0 aromatic heterocycles. The van der Waals surface area contributed by atoms with Crippen LogP contribution in [0.4, 0.5) is 0 Å². The number of primary amides is 1. The number of carbonyl (C=O) groups excluding carboxylic acids is 4. The van der Waals surface area contributed by atoms with Crippen molar-refractivity contribution in [1.29, 1.82) is 0 Å². The summed E-state index contributed by atoms with van der Waals surface area (Å²) in [5, 5.41) is 25.3. The van der Waals surface area contributed by atoms with Crippen LogP contribution in [0.1, 0.15) is 40.5 Å². The predicted molar refractivity (Wildman–Crippen MR) is 107 cm³/mol. The number of amides is 4. The Morgan fingerprint density at radius 1 is 0.900 bits per heavy atom. The van der Waals surface area contributed by atoms with Crippen LogP contribution < -0.4 is 27.4 Å². The maximum Gasteiger partial charge on any atom is 0.326 e. The van der Waals surface area contributed by atoms with E-state index in [-0.39, 0.29) is 11.8 Å². The van der Waals surface area contributed by atoms with Gasteiger partial charge in [-0.15, -0.1) is 0 Å². The summed E-state index contributed by atoms with van der Waals surface area (Å²) >= 11 is 0. The van der Waals surface area contributed by atoms with Crippen LogP contribution in [0.3, 0.4) is 0 Å². The highest BCUT2D eigenvalue weighted by molar-refractivity contribution is 5.95. The van der Waals surface area contributed by atoms with Crippen LogP contribution in [0, 0.1) is 11.8 Å². The number of carboxylic acid groups (broad SMARTS) is 1. The molecule has 12 heteroatoms. The monoisotopic (exact) mass is 431 g/mol. The Morgan fingerprint density at radius 3 is 1.83 bits per heavy atom. The topological polar surface area (TPSA) is 214 Å². The maximum absolute atomic E-state index is 12.6. The second kappa shape index (κ2) is 12.8. The number of rotatable bonds is 13. The Hall–Kier alpha value is -2.73. The fourth-order valence-electron chi connectivity index (χ4n) is 2.43. The Balaban J connectivity index is 5.22. The first-order chi connectivity index (χ1) is 13.8. The van der Waals surface area contributed by atoms with Gasteiger partial charge in [-0.2, -0.15) is 0 Å². The molecule has 0 radical (unpaired) electrons. The van der Waals surface area contributed by atoms with Crippen LogP contribution in [0.5, 0.6) is 0 Å². The van der Waals surface area contributed by atoms with Gasteiger partial charge < -0.3 is 37.6 Å². The molecule has 0 aliphatic rings. The molecule has 0 heterocycles. The number of nitrogens with two attached hydrogens (primary N) is 2. The van der Waals surface area contributed by atoms with Gasteiger partial charge in [0.15, 0.2) is 0 Å². The standard InChI is InChI=1S/C18H33N5O7/c1-5-9(4)13(20)16(27)23-14(8(2)3)17(28)22-11(7-24)15(26)21-10(18(29)30)6-12(19)25/h8-11,13-14,24H,5-7,20H2,1-4H3,(H2,19,25)(H,21,26)(H,22,28)(H,23,27)(H,29,30). The third kappa shape index (κ3) is 8.74. The minimum absolute atomic E-state index is 0.116. The summed E-state index contributed by atoms with van der Waals surface area (Å²) in [5.74, 6) is -5.26. The number of aliphatic carboxylic acids is 1. The minimum atomic E-state index is -1.62. The van der Waals surface area contributed by atoms with Gasteiger partial charge >= 0.3 is 5.97 Å². The van der Waals surface area contributed by atoms with Crippen LogP contribution >= 0.6 is 0 Å². The SMILES string of the molecule is CCC(C)C(N)C(=O)NC(C(=O)NC(CO)C(=O)NC(CC(N)=O)C(=O)O)C(C)C. The molecule has 0 spiro atoms. The molecule has 0 aliphatic heterocycles. The van der Waals surface area contributed by atoms with E-state index in [1.54, 1.807) is 20.8 Å². The van der Waals surface area contributed by atoms with Gasteiger partial charge in [0.25, 0.3) is 0 Å². The molecule has 0 aromatic carbocycles. The quantitative estimate of drug-likeness (QED) is 0.164. The van der Waals surface area contributed by atoms with Crippen molar-refractivity contribution in [3.63, 3.8) is 0 Å². The van der Waals surface area contributed by atoms with E-state index in [1.165, 1.54) is 0 Å². The molecule has 172 valence electrons. The van der Waals surface area contributed by atoms with E-state index >= 15 is 0 Å². The summed E-state index contributed by atoms with van der Waals surface area (Å²) < 4.78 is 0. The van der Waals surface area contributed by atoms with Crippen molar-refractivity contribution < 1.29 is 34.2 Å². The summed E-state index contributed by atoms with van der Waals surface area (Å²) in [6.45, 7) is 6.16. The highest BCUT2D eigenvalue weighted by Gasteiger charge is 2.32. The molecular weight excluding hydrogens is 398 g/mol. The van der Waals surface area contributed by atoms with Crippen molar-refractivity contribution >= 4 is 29.6 Å². The highest BCUT2D eigenvalue weighted by Crippen LogP contribution is 2.08. The van der Waals surface area contributed by atoms with Crippen molar-refractivity contribution in [2.75, 3.05) is 6.61 Å². The Kier molecular flexibility index (Phi) is 11.6. The van der Waals surface area contributed by atoms with E-state index in [0.717, 1.165) is 0 Å². The normalized spacial score (nSPS) is 16.0. The van der Waals surface area contributed by atoms with Gasteiger partial charge in [-0.3, -0.25) is 19.2 Å². The summed E-state index contributed by atoms with van der Waals surface area (Å²) in [4.78, 5) is 59.3. The third-order valence-electron chi connectivity index (χ3n) is 4.64. The molecule has 0 saturated heterocycles. The first kappa shape index (κ1) is 27.3. The molecule has 4 amide bonds. The molecule has 0 fully saturated rings. The lowest BCUT2D eigenvalue weighted by Crippen LogP contribution is -2.59. The number of hydrogen-bond acceptors (Lipinski definition) is 7. The van der Waals surface area contributed by atoms with E-state index in [1.807, 2.05) is 12.2 Å². The first-order valence-corrected chi connectivity index (χ1v) is 9.64. The van der Waals surface area contributed by atoms with E-state index in [2.05, 4.69) is 10.6 Å². The molecule has 0 bridgehead atoms. The molecule has 5 atom stereocenters. The van der Waals surface area contributed by atoms with Crippen LogP contribution in [0.2, 0.25) is 0 Å². The number of carbonyl (C=O) groups is 5. The van der Waals surface area contributed by atoms with Gasteiger partial charge in [0.2, 0.25) is 23.6 Å². The first-order valence-electron chi connectivity index (χ1n) is 9.64. The Bertz CT molecular complexity index is 640. The number of nitrogens with one attached hydrogen (secondary N) is 3. The Labute approximate surface area is 175 Å². The van der Waals surface area contributed by atoms with E-state index in [4.69, 9.17) is 16.6 Å². The van der Waals surface area contributed by atoms with E-state index in [0.29, 0.717) is 6.42 Å². The number of aliphatic hydroxyl groups is 1. The number of carboxylic acids is 1. The van der Waals surface area contributed by atoms with E-state index in [9.17, 15) is 29.1 Å². The van der Waals surface area contributed by atoms with Crippen molar-refractivity contribution in [1.82, 2.24) is 16.0 Å². The Morgan fingerprint density at radius 2 is 1.43 bits per heavy atom. The van der Waals surface area contributed by atoms with Crippen molar-refractivity contribution in [2.24, 2.45) is 23.3 Å². The van der Waals surface area contributed by atoms with Crippen molar-refractivity contribution in [3.05, 3.63) is 0 Å². The summed E-state index contributed by atoms with van der Waals surface area (Å²) in [5.41, 5.74) is 10.8. The van der Waals surface area contributed by atoms with E-state index < -0.39 is 66.8 Å². The smallest absolute Gasteiger partial charge is 0.326 e. The van der Waals surface area contributed by atoms with Gasteiger partial charge in [-0.1, -0.05) is 34.1 Å². The molecule has 0 aliphatic carbocycles. The summed E-state index contributed by atoms with van der Waals surface area (Å²) in [6, 6.07) is -5.00. The van der Waals surface area contributed by atoms with Gasteiger partial charge in [0, 0.05) is 0 Å². The van der Waals surface area contributed by atoms with Crippen molar-refractivity contribution in [3.8, 4) is 0 Å². The fraction of sp³-hybridized carbons (Fsp3) is 0.722. The van der Waals surface area contributed by atoms with Crippen LogP contribution in [0.15, 0.2) is 0 Å². The van der Waals surface area contributed by atoms with Crippen LogP contribution in [-0.4, -0.2) is 70.6 Å². The lowest BCUT2D eigenvalue weighted by atomic mass is 9.97. The fourth-order valence-corrected chi connectivity index (χ4v) is 2.43. The number of hydrogen-bond donors (Lipinski definition) is 7. The lowest BCUT2D eigenvalue weighted by molar-refractivity contribution is -0.144. The number of aliphatic hydroxyl groups excluding tert-OH is 1. The zero-order valence-electron chi connectivity index (χ0n) is 17.7. The average Bonchev–Trinajstić information content (AvgIpc) is 2.66. The summed E-state index contributed by atoms with van der Waals surface area (Å²) in [6.07, 6.45) is 0.00127. The second-order valence-electron chi connectivity index (χ2n) is 7.46. The molecular formula is C18H33N5O7. The third-order valence-corrected chi connectivity index (χ3v) is 4.64. The molecule has 12 nitrogen and oxygen atoms in total. The molecule has 0 aromatic rings. The summed E-state index contributed by atoms with van der Waals surface area (Å²) in [7, 11) is 0. The molecule has 0 saturated carbocycles. The van der Waals surface area contributed by atoms with Gasteiger partial charge in [0.05, 0.1) is 19.1 Å². The van der Waals surface area contributed by atoms with Gasteiger partial charge in [0.1, 0.15) is 18.1 Å². The molecule has 30 heavy (non-hydrogen) atoms. The molecule has 5 unspecified atom stereocenters. The lowest BCUT2D eigenvalue weighted by Gasteiger charge is -2.27. The van der Waals surface area contributed by atoms with Gasteiger partial charge in [-0.05, 0) is 11.8 Å². The maximum atomic E-state index is 12.6. The molecule has 0 rings (SSSR count). The zero-order valence-corrected chi connectivity index (χ0v) is 17.7. The highest BCUT2D eigenvalue weighted by atomic mass is 16.4. The van der Waals surface area contributed by atoms with Crippen molar-refractivity contribution in [2.45, 2.75) is 64.7 Å². The largest absolute Gasteiger partial charge is 0.480 e. The predicted octanol–water partition coefficient (Wildman–Crippen LogP) is -2.58. The minimum Gasteiger partial charge on any atom is -0.480 e. The van der Waals surface area contributed by atoms with Crippen LogP contribution in [0.25, 0.3) is 0 Å². The van der Waals surface area contributed by atoms with Gasteiger partial charge in [-0.25, -0.2) is 4.79 Å². The second-order valence-corrected chi connectivity index (χ2v) is 7.46.